The summed E-state index contributed by atoms with van der Waals surface area (Å²) in [5.74, 6) is -0.143. The molecule has 1 amide bonds. The summed E-state index contributed by atoms with van der Waals surface area (Å²) >= 11 is 0. The number of aliphatic hydroxyl groups excluding tert-OH is 1. The van der Waals surface area contributed by atoms with Crippen LogP contribution in [0.3, 0.4) is 0 Å². The average molecular weight is 384 g/mol. The molecule has 0 radical (unpaired) electrons. The van der Waals surface area contributed by atoms with Crippen molar-refractivity contribution in [1.29, 1.82) is 5.26 Å². The normalized spacial score (nSPS) is 20.9. The molecule has 0 spiro atoms. The number of carbonyl (C=O) groups excluding carboxylic acids is 1. The van der Waals surface area contributed by atoms with Gasteiger partial charge in [0, 0.05) is 31.6 Å². The van der Waals surface area contributed by atoms with Gasteiger partial charge in [-0.3, -0.25) is 4.79 Å². The summed E-state index contributed by atoms with van der Waals surface area (Å²) in [4.78, 5) is 11.1. The van der Waals surface area contributed by atoms with E-state index in [9.17, 15) is 9.90 Å². The van der Waals surface area contributed by atoms with Crippen molar-refractivity contribution in [2.75, 3.05) is 13.1 Å². The van der Waals surface area contributed by atoms with E-state index in [1.54, 1.807) is 6.08 Å². The maximum Gasteiger partial charge on any atom is 0.216 e. The first kappa shape index (κ1) is 22.1. The lowest BCUT2D eigenvalue weighted by atomic mass is 9.73. The van der Waals surface area contributed by atoms with Crippen LogP contribution in [0.25, 0.3) is 0 Å². The topological polar surface area (TPSA) is 85.2 Å². The molecule has 152 valence electrons. The fourth-order valence-electron chi connectivity index (χ4n) is 3.73. The van der Waals surface area contributed by atoms with Crippen LogP contribution < -0.4 is 10.6 Å². The molecule has 3 N–H and O–H groups in total. The Balaban J connectivity index is 2.24. The van der Waals surface area contributed by atoms with Crippen LogP contribution in [0.15, 0.2) is 35.9 Å². The van der Waals surface area contributed by atoms with Gasteiger partial charge in [0.1, 0.15) is 0 Å². The lowest BCUT2D eigenvalue weighted by Crippen LogP contribution is -2.49. The second-order valence-electron chi connectivity index (χ2n) is 8.82. The van der Waals surface area contributed by atoms with E-state index < -0.39 is 6.10 Å². The average Bonchev–Trinajstić information content (AvgIpc) is 2.65. The van der Waals surface area contributed by atoms with Gasteiger partial charge in [-0.2, -0.15) is 5.26 Å². The molecule has 0 aliphatic heterocycles. The molecule has 1 saturated carbocycles. The Bertz CT molecular complexity index is 746. The maximum atomic E-state index is 11.1. The molecule has 0 aromatic heterocycles. The minimum absolute atomic E-state index is 0.0582. The lowest BCUT2D eigenvalue weighted by Gasteiger charge is -2.41. The molecule has 1 aliphatic carbocycles. The molecule has 28 heavy (non-hydrogen) atoms. The minimum Gasteiger partial charge on any atom is -0.390 e. The lowest BCUT2D eigenvalue weighted by molar-refractivity contribution is -0.119. The van der Waals surface area contributed by atoms with Crippen LogP contribution in [0.5, 0.6) is 0 Å². The van der Waals surface area contributed by atoms with E-state index in [2.05, 4.69) is 61.7 Å². The zero-order valence-corrected chi connectivity index (χ0v) is 17.5. The molecule has 0 heterocycles. The molecule has 0 unspecified atom stereocenters. The van der Waals surface area contributed by atoms with Crippen LogP contribution in [0.4, 0.5) is 0 Å². The number of nitriles is 1. The van der Waals surface area contributed by atoms with Crippen molar-refractivity contribution < 1.29 is 9.90 Å². The van der Waals surface area contributed by atoms with E-state index in [0.717, 1.165) is 25.7 Å². The summed E-state index contributed by atoms with van der Waals surface area (Å²) in [5.41, 5.74) is 3.50. The molecule has 1 aromatic rings. The van der Waals surface area contributed by atoms with E-state index in [-0.39, 0.29) is 23.4 Å². The molecule has 2 rings (SSSR count). The maximum absolute atomic E-state index is 11.1. The fourth-order valence-corrected chi connectivity index (χ4v) is 3.73. The Morgan fingerprint density at radius 1 is 1.32 bits per heavy atom. The van der Waals surface area contributed by atoms with Crippen molar-refractivity contribution in [2.45, 2.75) is 70.4 Å². The quantitative estimate of drug-likeness (QED) is 0.658. The van der Waals surface area contributed by atoms with E-state index in [1.807, 2.05) is 0 Å². The van der Waals surface area contributed by atoms with Gasteiger partial charge in [-0.25, -0.2) is 0 Å². The molecular formula is C23H33N3O2. The minimum atomic E-state index is -0.650. The zero-order valence-electron chi connectivity index (χ0n) is 17.5. The third-order valence-electron chi connectivity index (χ3n) is 5.56. The van der Waals surface area contributed by atoms with E-state index in [1.165, 1.54) is 23.6 Å². The van der Waals surface area contributed by atoms with Crippen molar-refractivity contribution in [3.05, 3.63) is 47.0 Å². The van der Waals surface area contributed by atoms with E-state index in [4.69, 9.17) is 5.26 Å². The second-order valence-corrected chi connectivity index (χ2v) is 8.82. The monoisotopic (exact) mass is 383 g/mol. The van der Waals surface area contributed by atoms with Gasteiger partial charge < -0.3 is 15.7 Å². The summed E-state index contributed by atoms with van der Waals surface area (Å²) in [7, 11) is 0. The number of aliphatic hydroxyl groups is 1. The number of nitrogens with one attached hydrogen (secondary N) is 2. The zero-order chi connectivity index (χ0) is 20.8. The van der Waals surface area contributed by atoms with Gasteiger partial charge in [-0.15, -0.1) is 0 Å². The highest BCUT2D eigenvalue weighted by atomic mass is 16.3. The first-order valence-electron chi connectivity index (χ1n) is 10.0. The summed E-state index contributed by atoms with van der Waals surface area (Å²) in [5, 5.41) is 25.5. The molecule has 5 heteroatoms. The molecular weight excluding hydrogens is 350 g/mol. The van der Waals surface area contributed by atoms with Crippen molar-refractivity contribution in [3.63, 3.8) is 0 Å². The van der Waals surface area contributed by atoms with Gasteiger partial charge in [0.25, 0.3) is 0 Å². The number of nitrogens with zero attached hydrogens (tertiary/aromatic N) is 1. The smallest absolute Gasteiger partial charge is 0.216 e. The predicted octanol–water partition coefficient (Wildman–Crippen LogP) is 3.29. The van der Waals surface area contributed by atoms with Crippen LogP contribution in [0.1, 0.15) is 64.5 Å². The third kappa shape index (κ3) is 5.92. The largest absolute Gasteiger partial charge is 0.390 e. The number of carbonyl (C=O) groups is 1. The highest BCUT2D eigenvalue weighted by molar-refractivity contribution is 5.72. The van der Waals surface area contributed by atoms with Gasteiger partial charge in [0.15, 0.2) is 0 Å². The fraction of sp³-hybridized carbons (Fsp3) is 0.565. The molecule has 0 bridgehead atoms. The summed E-state index contributed by atoms with van der Waals surface area (Å²) in [6, 6.07) is 10.8. The van der Waals surface area contributed by atoms with Gasteiger partial charge in [-0.05, 0) is 42.2 Å². The first-order chi connectivity index (χ1) is 13.2. The van der Waals surface area contributed by atoms with Gasteiger partial charge in [0.2, 0.25) is 5.91 Å². The number of rotatable bonds is 6. The van der Waals surface area contributed by atoms with Crippen LogP contribution in [-0.4, -0.2) is 30.2 Å². The van der Waals surface area contributed by atoms with E-state index in [0.29, 0.717) is 6.54 Å². The van der Waals surface area contributed by atoms with Crippen LogP contribution in [-0.2, 0) is 15.7 Å². The number of allylic oxidation sites excluding steroid dienone is 2. The summed E-state index contributed by atoms with van der Waals surface area (Å²) in [6.07, 6.45) is 4.50. The highest BCUT2D eigenvalue weighted by Gasteiger charge is 2.35. The predicted molar refractivity (Wildman–Crippen MR) is 112 cm³/mol. The molecule has 1 aromatic carbocycles. The second kappa shape index (κ2) is 9.36. The molecule has 0 saturated heterocycles. The van der Waals surface area contributed by atoms with Crippen molar-refractivity contribution in [2.24, 2.45) is 0 Å². The highest BCUT2D eigenvalue weighted by Crippen LogP contribution is 2.40. The number of amides is 1. The molecule has 5 nitrogen and oxygen atoms in total. The Morgan fingerprint density at radius 3 is 2.57 bits per heavy atom. The Hall–Kier alpha value is -2.16. The molecule has 1 fully saturated rings. The summed E-state index contributed by atoms with van der Waals surface area (Å²) in [6.45, 7) is 8.70. The Kier molecular flexibility index (Phi) is 7.40. The van der Waals surface area contributed by atoms with Gasteiger partial charge >= 0.3 is 0 Å². The van der Waals surface area contributed by atoms with Crippen LogP contribution >= 0.6 is 0 Å². The first-order valence-corrected chi connectivity index (χ1v) is 10.0. The van der Waals surface area contributed by atoms with Crippen molar-refractivity contribution >= 4 is 5.91 Å². The van der Waals surface area contributed by atoms with Gasteiger partial charge in [0.05, 0.1) is 12.2 Å². The Labute approximate surface area is 168 Å². The standard InChI is InChI=1S/C23H33N3O2/c1-17(27)25-15-21(28)16-26-23(11-8-18(9-12-23)10-13-24)20-7-5-6-19(14-20)22(2,3)4/h5-7,10,14,21,26,28H,8-9,11-12,15-16H2,1-4H3,(H,25,27)/t21-,23?/m0/s1. The SMILES string of the molecule is CC(=O)NC[C@H](O)CNC1(c2cccc(C(C)(C)C)c2)CCC(=CC#N)CC1. The van der Waals surface area contributed by atoms with Crippen molar-refractivity contribution in [1.82, 2.24) is 10.6 Å². The summed E-state index contributed by atoms with van der Waals surface area (Å²) < 4.78 is 0. The third-order valence-corrected chi connectivity index (χ3v) is 5.56. The Morgan fingerprint density at radius 2 is 2.00 bits per heavy atom. The van der Waals surface area contributed by atoms with E-state index >= 15 is 0 Å². The number of hydrogen-bond donors (Lipinski definition) is 3. The van der Waals surface area contributed by atoms with Crippen LogP contribution in [0.2, 0.25) is 0 Å². The number of benzene rings is 1. The van der Waals surface area contributed by atoms with Crippen LogP contribution in [0, 0.1) is 11.3 Å². The molecule has 1 atom stereocenters. The number of hydrogen-bond acceptors (Lipinski definition) is 4. The molecule has 1 aliphatic rings. The van der Waals surface area contributed by atoms with Crippen molar-refractivity contribution in [3.8, 4) is 6.07 Å². The van der Waals surface area contributed by atoms with Gasteiger partial charge in [-0.1, -0.05) is 50.6 Å².